The third-order valence-corrected chi connectivity index (χ3v) is 6.30. The maximum atomic E-state index is 5.66. The minimum atomic E-state index is 0.392. The molecule has 8 nitrogen and oxygen atoms in total. The van der Waals surface area contributed by atoms with Crippen LogP contribution < -0.4 is 5.32 Å². The molecule has 3 aromatic heterocycles. The predicted molar refractivity (Wildman–Crippen MR) is 114 cm³/mol. The van der Waals surface area contributed by atoms with Crippen LogP contribution in [0.2, 0.25) is 0 Å². The number of aromatic nitrogens is 6. The molecule has 2 aliphatic heterocycles. The molecule has 0 spiro atoms. The van der Waals surface area contributed by atoms with Crippen molar-refractivity contribution in [3.05, 3.63) is 42.1 Å². The molecule has 0 aliphatic carbocycles. The van der Waals surface area contributed by atoms with Crippen LogP contribution in [0.5, 0.6) is 0 Å². The smallest absolute Gasteiger partial charge is 0.115 e. The number of hydrogen-bond acceptors (Lipinski definition) is 5. The third kappa shape index (κ3) is 2.71. The van der Waals surface area contributed by atoms with E-state index in [1.165, 1.54) is 11.5 Å². The summed E-state index contributed by atoms with van der Waals surface area (Å²) in [5.74, 6) is 1.57. The van der Waals surface area contributed by atoms with E-state index in [0.717, 1.165) is 72.7 Å². The van der Waals surface area contributed by atoms with Crippen molar-refractivity contribution in [3.63, 3.8) is 0 Å². The van der Waals surface area contributed by atoms with Gasteiger partial charge in [-0.2, -0.15) is 10.2 Å². The topological polar surface area (TPSA) is 74.7 Å². The van der Waals surface area contributed by atoms with Crippen LogP contribution >= 0.6 is 0 Å². The summed E-state index contributed by atoms with van der Waals surface area (Å²) >= 11 is 0. The molecular weight excluding hydrogens is 378 g/mol. The summed E-state index contributed by atoms with van der Waals surface area (Å²) in [6.07, 6.45) is 4.93. The minimum absolute atomic E-state index is 0.392. The van der Waals surface area contributed by atoms with Gasteiger partial charge in [0, 0.05) is 69.0 Å². The molecule has 154 valence electrons. The highest BCUT2D eigenvalue weighted by Crippen LogP contribution is 2.35. The van der Waals surface area contributed by atoms with Gasteiger partial charge in [-0.3, -0.25) is 9.36 Å². The number of aryl methyl sites for hydroxylation is 2. The average Bonchev–Trinajstić information content (AvgIpc) is 3.54. The first-order valence-corrected chi connectivity index (χ1v) is 10.5. The summed E-state index contributed by atoms with van der Waals surface area (Å²) in [5.41, 5.74) is 6.57. The second-order valence-corrected chi connectivity index (χ2v) is 8.26. The largest absolute Gasteiger partial charge is 0.381 e. The van der Waals surface area contributed by atoms with Gasteiger partial charge < -0.3 is 14.6 Å². The van der Waals surface area contributed by atoms with Crippen LogP contribution in [0.15, 0.2) is 30.6 Å². The maximum Gasteiger partial charge on any atom is 0.115 e. The molecule has 1 atom stereocenters. The van der Waals surface area contributed by atoms with Crippen LogP contribution in [0, 0.1) is 0 Å². The minimum Gasteiger partial charge on any atom is -0.381 e. The van der Waals surface area contributed by atoms with E-state index in [9.17, 15) is 0 Å². The number of benzene rings is 1. The van der Waals surface area contributed by atoms with Gasteiger partial charge in [-0.25, -0.2) is 4.98 Å². The Morgan fingerprint density at radius 2 is 2.10 bits per heavy atom. The van der Waals surface area contributed by atoms with Gasteiger partial charge in [-0.15, -0.1) is 0 Å². The molecule has 1 aromatic carbocycles. The van der Waals surface area contributed by atoms with Gasteiger partial charge in [0.25, 0.3) is 0 Å². The number of nitrogens with one attached hydrogen (secondary N) is 1. The fourth-order valence-corrected chi connectivity index (χ4v) is 4.78. The zero-order valence-electron chi connectivity index (χ0n) is 17.3. The van der Waals surface area contributed by atoms with Crippen LogP contribution in [0.3, 0.4) is 0 Å². The van der Waals surface area contributed by atoms with E-state index in [4.69, 9.17) is 14.8 Å². The molecule has 5 heterocycles. The molecule has 0 saturated carbocycles. The molecule has 4 aromatic rings. The highest BCUT2D eigenvalue weighted by Gasteiger charge is 2.28. The van der Waals surface area contributed by atoms with Gasteiger partial charge in [0.1, 0.15) is 11.5 Å². The fourth-order valence-electron chi connectivity index (χ4n) is 4.78. The molecule has 0 radical (unpaired) electrons. The van der Waals surface area contributed by atoms with E-state index in [0.29, 0.717) is 5.92 Å². The summed E-state index contributed by atoms with van der Waals surface area (Å²) in [6, 6.07) is 6.55. The lowest BCUT2D eigenvalue weighted by Crippen LogP contribution is -2.29. The Bertz CT molecular complexity index is 1240. The third-order valence-electron chi connectivity index (χ3n) is 6.30. The van der Waals surface area contributed by atoms with Crippen LogP contribution in [0.25, 0.3) is 33.4 Å². The Balaban J connectivity index is 1.52. The number of fused-ring (bicyclic) bond motifs is 2. The molecule has 1 N–H and O–H groups in total. The number of rotatable bonds is 3. The van der Waals surface area contributed by atoms with Crippen molar-refractivity contribution in [3.8, 4) is 22.5 Å². The summed E-state index contributed by atoms with van der Waals surface area (Å²) in [4.78, 5) is 5.16. The van der Waals surface area contributed by atoms with Gasteiger partial charge in [0.2, 0.25) is 0 Å². The molecular formula is C22H25N7O. The molecule has 1 fully saturated rings. The second kappa shape index (κ2) is 6.78. The molecule has 2 aliphatic rings. The van der Waals surface area contributed by atoms with Gasteiger partial charge in [0.15, 0.2) is 0 Å². The Kier molecular flexibility index (Phi) is 4.04. The number of hydrogen-bond donors (Lipinski definition) is 1. The van der Waals surface area contributed by atoms with Crippen LogP contribution in [0.1, 0.15) is 23.9 Å². The molecule has 30 heavy (non-hydrogen) atoms. The van der Waals surface area contributed by atoms with E-state index < -0.39 is 0 Å². The van der Waals surface area contributed by atoms with Crippen LogP contribution in [0.4, 0.5) is 0 Å². The molecule has 0 bridgehead atoms. The summed E-state index contributed by atoms with van der Waals surface area (Å²) < 4.78 is 11.8. The SMILES string of the molecule is Cn1cc(-c2nn(C)c3ccc(-c4nc(C5CCOC5)n5c4CNCC5)cc23)cn1. The lowest BCUT2D eigenvalue weighted by molar-refractivity contribution is 0.192. The Labute approximate surface area is 174 Å². The molecule has 1 unspecified atom stereocenters. The molecule has 8 heteroatoms. The van der Waals surface area contributed by atoms with E-state index in [1.807, 2.05) is 35.9 Å². The standard InChI is InChI=1S/C22H25N7O/c1-27-12-16(10-24-27)20-17-9-14(3-4-18(17)28(2)26-20)21-19-11-23-6-7-29(19)22(25-21)15-5-8-30-13-15/h3-4,9-10,12,15,23H,5-8,11,13H2,1-2H3. The van der Waals surface area contributed by atoms with Gasteiger partial charge in [0.05, 0.1) is 29.7 Å². The zero-order chi connectivity index (χ0) is 20.2. The van der Waals surface area contributed by atoms with Crippen molar-refractivity contribution in [2.45, 2.75) is 25.4 Å². The highest BCUT2D eigenvalue weighted by molar-refractivity contribution is 5.95. The van der Waals surface area contributed by atoms with Crippen molar-refractivity contribution >= 4 is 10.9 Å². The van der Waals surface area contributed by atoms with E-state index in [2.05, 4.69) is 33.2 Å². The monoisotopic (exact) mass is 403 g/mol. The number of imidazole rings is 1. The first-order valence-electron chi connectivity index (χ1n) is 10.5. The maximum absolute atomic E-state index is 5.66. The Morgan fingerprint density at radius 1 is 1.17 bits per heavy atom. The van der Waals surface area contributed by atoms with Gasteiger partial charge in [-0.1, -0.05) is 6.07 Å². The van der Waals surface area contributed by atoms with Gasteiger partial charge in [-0.05, 0) is 18.6 Å². The first-order chi connectivity index (χ1) is 14.7. The Morgan fingerprint density at radius 3 is 2.90 bits per heavy atom. The normalized spacial score (nSPS) is 18.9. The fraction of sp³-hybridized carbons (Fsp3) is 0.409. The lowest BCUT2D eigenvalue weighted by atomic mass is 10.0. The Hall–Kier alpha value is -2.97. The van der Waals surface area contributed by atoms with E-state index in [-0.39, 0.29) is 0 Å². The number of ether oxygens (including phenoxy) is 1. The number of nitrogens with zero attached hydrogens (tertiary/aromatic N) is 6. The molecule has 0 amide bonds. The predicted octanol–water partition coefficient (Wildman–Crippen LogP) is 2.44. The summed E-state index contributed by atoms with van der Waals surface area (Å²) in [6.45, 7) is 4.39. The second-order valence-electron chi connectivity index (χ2n) is 8.26. The average molecular weight is 403 g/mol. The van der Waals surface area contributed by atoms with Crippen LogP contribution in [-0.2, 0) is 31.9 Å². The highest BCUT2D eigenvalue weighted by atomic mass is 16.5. The quantitative estimate of drug-likeness (QED) is 0.569. The van der Waals surface area contributed by atoms with E-state index >= 15 is 0 Å². The van der Waals surface area contributed by atoms with Crippen molar-refractivity contribution in [1.82, 2.24) is 34.4 Å². The summed E-state index contributed by atoms with van der Waals surface area (Å²) in [5, 5.41) is 13.7. The van der Waals surface area contributed by atoms with Crippen molar-refractivity contribution in [2.75, 3.05) is 19.8 Å². The van der Waals surface area contributed by atoms with Crippen LogP contribution in [-0.4, -0.2) is 48.9 Å². The van der Waals surface area contributed by atoms with E-state index in [1.54, 1.807) is 0 Å². The van der Waals surface area contributed by atoms with Crippen molar-refractivity contribution in [2.24, 2.45) is 14.1 Å². The van der Waals surface area contributed by atoms with Crippen molar-refractivity contribution < 1.29 is 4.74 Å². The molecule has 6 rings (SSSR count). The zero-order valence-corrected chi connectivity index (χ0v) is 17.3. The first kappa shape index (κ1) is 17.9. The van der Waals surface area contributed by atoms with Gasteiger partial charge >= 0.3 is 0 Å². The van der Waals surface area contributed by atoms with Crippen molar-refractivity contribution in [1.29, 1.82) is 0 Å². The summed E-state index contributed by atoms with van der Waals surface area (Å²) in [7, 11) is 3.92. The lowest BCUT2D eigenvalue weighted by Gasteiger charge is -2.20. The molecule has 1 saturated heterocycles.